The average molecular weight is 321 g/mol. The number of nitrogens with zero attached hydrogens (tertiary/aromatic N) is 4. The van der Waals surface area contributed by atoms with Crippen molar-refractivity contribution in [2.75, 3.05) is 19.0 Å². The van der Waals surface area contributed by atoms with Crippen LogP contribution in [0.1, 0.15) is 34.3 Å². The summed E-state index contributed by atoms with van der Waals surface area (Å²) in [5.41, 5.74) is -0.126. The van der Waals surface area contributed by atoms with Crippen molar-refractivity contribution in [2.24, 2.45) is 0 Å². The van der Waals surface area contributed by atoms with Gasteiger partial charge in [-0.15, -0.1) is 10.2 Å². The molecule has 0 spiro atoms. The van der Waals surface area contributed by atoms with E-state index >= 15 is 0 Å². The summed E-state index contributed by atoms with van der Waals surface area (Å²) in [6.07, 6.45) is 2.27. The highest BCUT2D eigenvalue weighted by Gasteiger charge is 2.27. The molecule has 22 heavy (non-hydrogen) atoms. The topological polar surface area (TPSA) is 99.0 Å². The Hall–Kier alpha value is -2.13. The van der Waals surface area contributed by atoms with Crippen molar-refractivity contribution in [3.8, 4) is 0 Å². The van der Waals surface area contributed by atoms with Gasteiger partial charge >= 0.3 is 0 Å². The second-order valence-corrected chi connectivity index (χ2v) is 5.96. The molecule has 0 aliphatic heterocycles. The number of rotatable bonds is 6. The van der Waals surface area contributed by atoms with E-state index in [4.69, 9.17) is 4.74 Å². The number of carbonyl (C=O) groups excluding carboxylic acids is 1. The summed E-state index contributed by atoms with van der Waals surface area (Å²) in [5, 5.41) is 16.1. The fraction of sp³-hybridized carbons (Fsp3) is 0.462. The van der Waals surface area contributed by atoms with Crippen LogP contribution in [0.25, 0.3) is 0 Å². The van der Waals surface area contributed by atoms with E-state index < -0.39 is 5.91 Å². The van der Waals surface area contributed by atoms with Crippen LogP contribution in [-0.2, 0) is 11.3 Å². The highest BCUT2D eigenvalue weighted by molar-refractivity contribution is 7.15. The first-order chi connectivity index (χ1) is 10.7. The highest BCUT2D eigenvalue weighted by Crippen LogP contribution is 2.42. The van der Waals surface area contributed by atoms with Crippen molar-refractivity contribution < 1.29 is 9.53 Å². The van der Waals surface area contributed by atoms with Gasteiger partial charge in [-0.25, -0.2) is 4.68 Å². The number of ether oxygens (including phenoxy) is 1. The van der Waals surface area contributed by atoms with Gasteiger partial charge in [0.25, 0.3) is 11.5 Å². The lowest BCUT2D eigenvalue weighted by atomic mass is 10.3. The van der Waals surface area contributed by atoms with Crippen molar-refractivity contribution in [1.82, 2.24) is 20.0 Å². The van der Waals surface area contributed by atoms with Gasteiger partial charge in [-0.05, 0) is 18.9 Å². The Morgan fingerprint density at radius 3 is 3.00 bits per heavy atom. The third-order valence-electron chi connectivity index (χ3n) is 3.19. The molecule has 2 aromatic rings. The number of amides is 1. The molecule has 0 saturated heterocycles. The Morgan fingerprint density at radius 1 is 1.45 bits per heavy atom. The predicted molar refractivity (Wildman–Crippen MR) is 80.2 cm³/mol. The molecule has 2 aromatic heterocycles. The van der Waals surface area contributed by atoms with E-state index in [1.165, 1.54) is 35.3 Å². The number of hydrogen-bond donors (Lipinski definition) is 1. The SMILES string of the molecule is COCCn1nc(C(=O)Nc2nnc(C3CC3)s2)ccc1=O. The van der Waals surface area contributed by atoms with Gasteiger partial charge in [0.05, 0.1) is 13.2 Å². The molecule has 1 aliphatic rings. The molecule has 116 valence electrons. The second-order valence-electron chi connectivity index (χ2n) is 4.95. The van der Waals surface area contributed by atoms with Crippen LogP contribution in [0.15, 0.2) is 16.9 Å². The fourth-order valence-corrected chi connectivity index (χ4v) is 2.76. The Labute approximate surface area is 130 Å². The van der Waals surface area contributed by atoms with Crippen LogP contribution in [0.4, 0.5) is 5.13 Å². The van der Waals surface area contributed by atoms with Gasteiger partial charge in [0.1, 0.15) is 10.7 Å². The predicted octanol–water partition coefficient (Wildman–Crippen LogP) is 0.871. The molecule has 9 heteroatoms. The van der Waals surface area contributed by atoms with Crippen molar-refractivity contribution in [2.45, 2.75) is 25.3 Å². The maximum atomic E-state index is 12.2. The molecular formula is C13H15N5O3S. The summed E-state index contributed by atoms with van der Waals surface area (Å²) in [6, 6.07) is 2.71. The van der Waals surface area contributed by atoms with Gasteiger partial charge in [-0.2, -0.15) is 5.10 Å². The maximum absolute atomic E-state index is 12.2. The summed E-state index contributed by atoms with van der Waals surface area (Å²) in [4.78, 5) is 23.8. The van der Waals surface area contributed by atoms with E-state index in [-0.39, 0.29) is 11.3 Å². The average Bonchev–Trinajstić information content (AvgIpc) is 3.27. The van der Waals surface area contributed by atoms with Crippen LogP contribution in [0.5, 0.6) is 0 Å². The smallest absolute Gasteiger partial charge is 0.277 e. The van der Waals surface area contributed by atoms with Crippen molar-refractivity contribution in [3.63, 3.8) is 0 Å². The minimum Gasteiger partial charge on any atom is -0.383 e. The molecule has 0 radical (unpaired) electrons. The summed E-state index contributed by atoms with van der Waals surface area (Å²) in [5.74, 6) is 0.0851. The van der Waals surface area contributed by atoms with Crippen LogP contribution in [0.3, 0.4) is 0 Å². The van der Waals surface area contributed by atoms with E-state index in [1.807, 2.05) is 0 Å². The number of aromatic nitrogens is 4. The molecule has 8 nitrogen and oxygen atoms in total. The van der Waals surface area contributed by atoms with Crippen molar-refractivity contribution in [1.29, 1.82) is 0 Å². The van der Waals surface area contributed by atoms with Gasteiger partial charge < -0.3 is 4.74 Å². The molecule has 0 unspecified atom stereocenters. The third kappa shape index (κ3) is 3.37. The van der Waals surface area contributed by atoms with E-state index in [1.54, 1.807) is 0 Å². The zero-order chi connectivity index (χ0) is 15.5. The van der Waals surface area contributed by atoms with E-state index in [0.717, 1.165) is 17.8 Å². The summed E-state index contributed by atoms with van der Waals surface area (Å²) in [6.45, 7) is 0.639. The van der Waals surface area contributed by atoms with Crippen LogP contribution in [0.2, 0.25) is 0 Å². The molecular weight excluding hydrogens is 306 g/mol. The standard InChI is InChI=1S/C13H15N5O3S/c1-21-7-6-18-10(19)5-4-9(17-18)11(20)14-13-16-15-12(22-13)8-2-3-8/h4-5,8H,2-3,6-7H2,1H3,(H,14,16,20). The van der Waals surface area contributed by atoms with E-state index in [0.29, 0.717) is 24.2 Å². The summed E-state index contributed by atoms with van der Waals surface area (Å²) >= 11 is 1.38. The van der Waals surface area contributed by atoms with Crippen LogP contribution in [0, 0.1) is 0 Å². The zero-order valence-corrected chi connectivity index (χ0v) is 12.8. The number of methoxy groups -OCH3 is 1. The molecule has 3 rings (SSSR count). The van der Waals surface area contributed by atoms with Crippen molar-refractivity contribution >= 4 is 22.4 Å². The Bertz CT molecular complexity index is 737. The second kappa shape index (κ2) is 6.32. The van der Waals surface area contributed by atoms with Crippen LogP contribution >= 0.6 is 11.3 Å². The summed E-state index contributed by atoms with van der Waals surface area (Å²) in [7, 11) is 1.54. The lowest BCUT2D eigenvalue weighted by Crippen LogP contribution is -2.27. The molecule has 1 fully saturated rings. The lowest BCUT2D eigenvalue weighted by Gasteiger charge is -2.05. The Balaban J connectivity index is 1.71. The molecule has 0 bridgehead atoms. The number of anilines is 1. The largest absolute Gasteiger partial charge is 0.383 e. The maximum Gasteiger partial charge on any atom is 0.277 e. The highest BCUT2D eigenvalue weighted by atomic mass is 32.1. The normalized spacial score (nSPS) is 14.0. The molecule has 2 heterocycles. The minimum atomic E-state index is -0.412. The first-order valence-corrected chi connectivity index (χ1v) is 7.71. The molecule has 0 atom stereocenters. The Kier molecular flexibility index (Phi) is 4.25. The van der Waals surface area contributed by atoms with Gasteiger partial charge in [0.2, 0.25) is 5.13 Å². The monoisotopic (exact) mass is 321 g/mol. The van der Waals surface area contributed by atoms with Gasteiger partial charge in [0.15, 0.2) is 0 Å². The number of hydrogen-bond acceptors (Lipinski definition) is 7. The first-order valence-electron chi connectivity index (χ1n) is 6.89. The van der Waals surface area contributed by atoms with Gasteiger partial charge in [-0.1, -0.05) is 11.3 Å². The first kappa shape index (κ1) is 14.8. The van der Waals surface area contributed by atoms with Gasteiger partial charge in [0, 0.05) is 19.1 Å². The van der Waals surface area contributed by atoms with Crippen LogP contribution in [-0.4, -0.2) is 39.6 Å². The summed E-state index contributed by atoms with van der Waals surface area (Å²) < 4.78 is 6.11. The van der Waals surface area contributed by atoms with Gasteiger partial charge in [-0.3, -0.25) is 14.9 Å². The Morgan fingerprint density at radius 2 is 2.27 bits per heavy atom. The molecule has 0 aromatic carbocycles. The zero-order valence-electron chi connectivity index (χ0n) is 12.0. The van der Waals surface area contributed by atoms with E-state index in [2.05, 4.69) is 20.6 Å². The number of nitrogens with one attached hydrogen (secondary N) is 1. The number of carbonyl (C=O) groups is 1. The molecule has 1 saturated carbocycles. The molecule has 1 N–H and O–H groups in total. The molecule has 1 amide bonds. The minimum absolute atomic E-state index is 0.152. The lowest BCUT2D eigenvalue weighted by molar-refractivity contribution is 0.101. The van der Waals surface area contributed by atoms with Crippen LogP contribution < -0.4 is 10.9 Å². The van der Waals surface area contributed by atoms with Crippen molar-refractivity contribution in [3.05, 3.63) is 33.2 Å². The fourth-order valence-electron chi connectivity index (χ4n) is 1.85. The van der Waals surface area contributed by atoms with E-state index in [9.17, 15) is 9.59 Å². The third-order valence-corrected chi connectivity index (χ3v) is 4.20. The quantitative estimate of drug-likeness (QED) is 0.847. The molecule has 1 aliphatic carbocycles.